The molecule has 2 nitrogen and oxygen atoms in total. The molecule has 17 heavy (non-hydrogen) atoms. The summed E-state index contributed by atoms with van der Waals surface area (Å²) in [5.74, 6) is -1.82. The minimum atomic E-state index is -0.920. The van der Waals surface area contributed by atoms with Crippen LogP contribution in [0.25, 0.3) is 0 Å². The summed E-state index contributed by atoms with van der Waals surface area (Å²) in [5.41, 5.74) is 1.17. The van der Waals surface area contributed by atoms with E-state index in [0.717, 1.165) is 6.07 Å². The lowest BCUT2D eigenvalue weighted by molar-refractivity contribution is 0.512. The Morgan fingerprint density at radius 2 is 1.71 bits per heavy atom. The highest BCUT2D eigenvalue weighted by Gasteiger charge is 2.07. The van der Waals surface area contributed by atoms with Gasteiger partial charge in [-0.15, -0.1) is 0 Å². The Hall–Kier alpha value is -2.41. The molecule has 2 aromatic rings. The maximum Gasteiger partial charge on any atom is 0.182 e. The zero-order chi connectivity index (χ0) is 12.3. The molecule has 0 atom stereocenters. The van der Waals surface area contributed by atoms with Gasteiger partial charge in [0.05, 0.1) is 17.3 Å². The maximum absolute atomic E-state index is 13.3. The van der Waals surface area contributed by atoms with Crippen molar-refractivity contribution in [3.05, 3.63) is 59.7 Å². The van der Waals surface area contributed by atoms with Gasteiger partial charge in [-0.2, -0.15) is 5.26 Å². The van der Waals surface area contributed by atoms with Gasteiger partial charge in [0.1, 0.15) is 0 Å². The Kier molecular flexibility index (Phi) is 3.01. The van der Waals surface area contributed by atoms with Gasteiger partial charge in [0.25, 0.3) is 0 Å². The lowest BCUT2D eigenvalue weighted by atomic mass is 10.2. The SMILES string of the molecule is N#Cc1ccc(Nc2cccc(F)c2F)cc1. The van der Waals surface area contributed by atoms with Crippen LogP contribution in [0.2, 0.25) is 0 Å². The number of nitrogens with one attached hydrogen (secondary N) is 1. The maximum atomic E-state index is 13.3. The third-order valence-electron chi connectivity index (χ3n) is 2.24. The molecule has 2 aromatic carbocycles. The normalized spacial score (nSPS) is 9.71. The predicted octanol–water partition coefficient (Wildman–Crippen LogP) is 3.58. The number of hydrogen-bond donors (Lipinski definition) is 1. The van der Waals surface area contributed by atoms with Crippen LogP contribution in [0.4, 0.5) is 20.2 Å². The van der Waals surface area contributed by atoms with Crippen molar-refractivity contribution in [3.63, 3.8) is 0 Å². The summed E-state index contributed by atoms with van der Waals surface area (Å²) in [6.45, 7) is 0. The molecule has 4 heteroatoms. The molecule has 0 aliphatic carbocycles. The zero-order valence-electron chi connectivity index (χ0n) is 8.74. The van der Waals surface area contributed by atoms with E-state index >= 15 is 0 Å². The number of benzene rings is 2. The molecule has 0 aromatic heterocycles. The van der Waals surface area contributed by atoms with E-state index in [-0.39, 0.29) is 5.69 Å². The van der Waals surface area contributed by atoms with Gasteiger partial charge >= 0.3 is 0 Å². The topological polar surface area (TPSA) is 35.8 Å². The molecular formula is C13H8F2N2. The van der Waals surface area contributed by atoms with Crippen molar-refractivity contribution in [2.24, 2.45) is 0 Å². The van der Waals surface area contributed by atoms with Gasteiger partial charge in [-0.1, -0.05) is 6.07 Å². The third-order valence-corrected chi connectivity index (χ3v) is 2.24. The number of nitriles is 1. The quantitative estimate of drug-likeness (QED) is 0.855. The van der Waals surface area contributed by atoms with E-state index in [2.05, 4.69) is 5.32 Å². The van der Waals surface area contributed by atoms with Gasteiger partial charge in [-0.05, 0) is 36.4 Å². The average molecular weight is 230 g/mol. The van der Waals surface area contributed by atoms with Crippen LogP contribution in [0.3, 0.4) is 0 Å². The second-order valence-electron chi connectivity index (χ2n) is 3.42. The molecule has 0 unspecified atom stereocenters. The summed E-state index contributed by atoms with van der Waals surface area (Å²) in [4.78, 5) is 0. The van der Waals surface area contributed by atoms with Crippen molar-refractivity contribution in [2.75, 3.05) is 5.32 Å². The van der Waals surface area contributed by atoms with Gasteiger partial charge in [-0.3, -0.25) is 0 Å². The number of nitrogens with zero attached hydrogens (tertiary/aromatic N) is 1. The Bertz CT molecular complexity index is 571. The predicted molar refractivity (Wildman–Crippen MR) is 60.8 cm³/mol. The highest BCUT2D eigenvalue weighted by atomic mass is 19.2. The van der Waals surface area contributed by atoms with Gasteiger partial charge < -0.3 is 5.32 Å². The summed E-state index contributed by atoms with van der Waals surface area (Å²) < 4.78 is 26.3. The Labute approximate surface area is 97.1 Å². The van der Waals surface area contributed by atoms with E-state index in [0.29, 0.717) is 11.3 Å². The van der Waals surface area contributed by atoms with E-state index in [1.807, 2.05) is 6.07 Å². The molecule has 0 saturated heterocycles. The molecule has 0 aliphatic heterocycles. The molecular weight excluding hydrogens is 222 g/mol. The Morgan fingerprint density at radius 3 is 2.35 bits per heavy atom. The largest absolute Gasteiger partial charge is 0.353 e. The first-order valence-electron chi connectivity index (χ1n) is 4.92. The number of hydrogen-bond acceptors (Lipinski definition) is 2. The van der Waals surface area contributed by atoms with Crippen molar-refractivity contribution < 1.29 is 8.78 Å². The average Bonchev–Trinajstić information content (AvgIpc) is 2.36. The molecule has 2 rings (SSSR count). The molecule has 0 bridgehead atoms. The molecule has 1 N–H and O–H groups in total. The minimum absolute atomic E-state index is 0.0645. The van der Waals surface area contributed by atoms with Crippen molar-refractivity contribution >= 4 is 11.4 Å². The number of anilines is 2. The van der Waals surface area contributed by atoms with Crippen LogP contribution >= 0.6 is 0 Å². The molecule has 0 heterocycles. The number of rotatable bonds is 2. The van der Waals surface area contributed by atoms with Gasteiger partial charge in [0.2, 0.25) is 0 Å². The van der Waals surface area contributed by atoms with Crippen LogP contribution in [0.5, 0.6) is 0 Å². The van der Waals surface area contributed by atoms with Crippen LogP contribution in [-0.4, -0.2) is 0 Å². The van der Waals surface area contributed by atoms with Crippen LogP contribution in [0, 0.1) is 23.0 Å². The van der Waals surface area contributed by atoms with Gasteiger partial charge in [0, 0.05) is 5.69 Å². The second-order valence-corrected chi connectivity index (χ2v) is 3.42. The van der Waals surface area contributed by atoms with E-state index in [9.17, 15) is 8.78 Å². The molecule has 0 saturated carbocycles. The first kappa shape index (κ1) is 11.1. The first-order chi connectivity index (χ1) is 8.20. The highest BCUT2D eigenvalue weighted by molar-refractivity contribution is 5.60. The van der Waals surface area contributed by atoms with E-state index in [1.54, 1.807) is 24.3 Å². The summed E-state index contributed by atoms with van der Waals surface area (Å²) in [6, 6.07) is 12.3. The third kappa shape index (κ3) is 2.40. The lowest BCUT2D eigenvalue weighted by Gasteiger charge is -2.07. The second kappa shape index (κ2) is 4.62. The molecule has 84 valence electrons. The van der Waals surface area contributed by atoms with Crippen molar-refractivity contribution in [3.8, 4) is 6.07 Å². The van der Waals surface area contributed by atoms with E-state index in [1.165, 1.54) is 12.1 Å². The smallest absolute Gasteiger partial charge is 0.182 e. The van der Waals surface area contributed by atoms with Gasteiger partial charge in [-0.25, -0.2) is 8.78 Å². The molecule has 0 amide bonds. The summed E-state index contributed by atoms with van der Waals surface area (Å²) in [7, 11) is 0. The monoisotopic (exact) mass is 230 g/mol. The molecule has 0 aliphatic rings. The highest BCUT2D eigenvalue weighted by Crippen LogP contribution is 2.21. The fourth-order valence-electron chi connectivity index (χ4n) is 1.38. The van der Waals surface area contributed by atoms with Crippen molar-refractivity contribution in [1.82, 2.24) is 0 Å². The zero-order valence-corrected chi connectivity index (χ0v) is 8.74. The fourth-order valence-corrected chi connectivity index (χ4v) is 1.38. The lowest BCUT2D eigenvalue weighted by Crippen LogP contribution is -1.95. The standard InChI is InChI=1S/C13H8F2N2/c14-11-2-1-3-12(13(11)15)17-10-6-4-9(8-16)5-7-10/h1-7,17H. The summed E-state index contributed by atoms with van der Waals surface area (Å²) in [6.07, 6.45) is 0. The van der Waals surface area contributed by atoms with Crippen molar-refractivity contribution in [2.45, 2.75) is 0 Å². The minimum Gasteiger partial charge on any atom is -0.353 e. The van der Waals surface area contributed by atoms with E-state index < -0.39 is 11.6 Å². The summed E-state index contributed by atoms with van der Waals surface area (Å²) >= 11 is 0. The van der Waals surface area contributed by atoms with Crippen LogP contribution in [0.1, 0.15) is 5.56 Å². The number of halogens is 2. The molecule has 0 spiro atoms. The van der Waals surface area contributed by atoms with Crippen LogP contribution in [0.15, 0.2) is 42.5 Å². The Balaban J connectivity index is 2.26. The van der Waals surface area contributed by atoms with Crippen LogP contribution < -0.4 is 5.32 Å². The van der Waals surface area contributed by atoms with Crippen molar-refractivity contribution in [1.29, 1.82) is 5.26 Å². The molecule has 0 radical (unpaired) electrons. The summed E-state index contributed by atoms with van der Waals surface area (Å²) in [5, 5.41) is 11.4. The van der Waals surface area contributed by atoms with Gasteiger partial charge in [0.15, 0.2) is 11.6 Å². The Morgan fingerprint density at radius 1 is 1.00 bits per heavy atom. The fraction of sp³-hybridized carbons (Fsp3) is 0. The first-order valence-corrected chi connectivity index (χ1v) is 4.92. The molecule has 0 fully saturated rings. The van der Waals surface area contributed by atoms with E-state index in [4.69, 9.17) is 5.26 Å². The van der Waals surface area contributed by atoms with Crippen LogP contribution in [-0.2, 0) is 0 Å².